The van der Waals surface area contributed by atoms with E-state index in [1.165, 1.54) is 14.2 Å². The molecule has 0 fully saturated rings. The number of nitrogens with one attached hydrogen (secondary N) is 1. The summed E-state index contributed by atoms with van der Waals surface area (Å²) in [4.78, 5) is 21.8. The lowest BCUT2D eigenvalue weighted by molar-refractivity contribution is -0.142. The Balaban J connectivity index is 2.59. The molecule has 1 aromatic rings. The third-order valence-electron chi connectivity index (χ3n) is 1.85. The van der Waals surface area contributed by atoms with E-state index in [0.717, 1.165) is 0 Å². The Hall–Kier alpha value is -2.24. The van der Waals surface area contributed by atoms with Gasteiger partial charge in [-0.25, -0.2) is 9.59 Å². The zero-order valence-corrected chi connectivity index (χ0v) is 9.56. The topological polar surface area (TPSA) is 73.9 Å². The number of anilines is 1. The van der Waals surface area contributed by atoms with E-state index < -0.39 is 12.1 Å². The Morgan fingerprint density at radius 1 is 1.24 bits per heavy atom. The molecule has 1 amide bonds. The summed E-state index contributed by atoms with van der Waals surface area (Å²) >= 11 is 0. The first-order valence-corrected chi connectivity index (χ1v) is 4.80. The number of carbonyl (C=O) groups excluding carboxylic acids is 2. The Bertz CT molecular complexity index is 405. The number of methoxy groups -OCH3 is 2. The van der Waals surface area contributed by atoms with E-state index in [1.54, 1.807) is 24.3 Å². The summed E-state index contributed by atoms with van der Waals surface area (Å²) in [6.45, 7) is -0.182. The second kappa shape index (κ2) is 6.37. The van der Waals surface area contributed by atoms with E-state index in [4.69, 9.17) is 4.74 Å². The molecule has 1 rings (SSSR count). The predicted molar refractivity (Wildman–Crippen MR) is 60.0 cm³/mol. The molecule has 0 heterocycles. The van der Waals surface area contributed by atoms with Crippen LogP contribution in [0.5, 0.6) is 5.75 Å². The molecule has 1 N–H and O–H groups in total. The third-order valence-corrected chi connectivity index (χ3v) is 1.85. The van der Waals surface area contributed by atoms with Gasteiger partial charge in [0.05, 0.1) is 14.2 Å². The number of amides is 1. The second-order valence-electron chi connectivity index (χ2n) is 3.01. The molecular formula is C11H13NO5. The second-order valence-corrected chi connectivity index (χ2v) is 3.01. The van der Waals surface area contributed by atoms with Crippen LogP contribution in [0.1, 0.15) is 0 Å². The van der Waals surface area contributed by atoms with Gasteiger partial charge in [0, 0.05) is 11.8 Å². The number of hydrogen-bond donors (Lipinski definition) is 1. The highest BCUT2D eigenvalue weighted by molar-refractivity contribution is 5.84. The summed E-state index contributed by atoms with van der Waals surface area (Å²) in [7, 11) is 2.55. The van der Waals surface area contributed by atoms with E-state index in [0.29, 0.717) is 11.4 Å². The number of carbonyl (C=O) groups is 2. The summed E-state index contributed by atoms with van der Waals surface area (Å²) in [5, 5.41) is 2.48. The Morgan fingerprint density at radius 3 is 2.65 bits per heavy atom. The first kappa shape index (κ1) is 12.8. The van der Waals surface area contributed by atoms with E-state index in [-0.39, 0.29) is 6.61 Å². The van der Waals surface area contributed by atoms with Crippen molar-refractivity contribution in [2.75, 3.05) is 26.1 Å². The average molecular weight is 239 g/mol. The van der Waals surface area contributed by atoms with Crippen molar-refractivity contribution in [1.29, 1.82) is 0 Å². The lowest BCUT2D eigenvalue weighted by atomic mass is 10.3. The van der Waals surface area contributed by atoms with Crippen LogP contribution < -0.4 is 10.1 Å². The Kier molecular flexibility index (Phi) is 4.80. The maximum Gasteiger partial charge on any atom is 0.411 e. The van der Waals surface area contributed by atoms with Crippen molar-refractivity contribution in [1.82, 2.24) is 0 Å². The van der Waals surface area contributed by atoms with Crippen molar-refractivity contribution in [2.45, 2.75) is 0 Å². The average Bonchev–Trinajstić information content (AvgIpc) is 2.36. The fraction of sp³-hybridized carbons (Fsp3) is 0.273. The van der Waals surface area contributed by atoms with Gasteiger partial charge in [-0.05, 0) is 12.1 Å². The SMILES string of the molecule is COC(=O)COc1cccc(NC(=O)OC)c1. The molecule has 0 aliphatic rings. The molecule has 0 unspecified atom stereocenters. The summed E-state index contributed by atoms with van der Waals surface area (Å²) in [5.74, 6) is -0.0272. The molecule has 1 aromatic carbocycles. The highest BCUT2D eigenvalue weighted by Gasteiger charge is 2.04. The maximum atomic E-state index is 11.0. The zero-order valence-electron chi connectivity index (χ0n) is 9.56. The van der Waals surface area contributed by atoms with Crippen molar-refractivity contribution < 1.29 is 23.8 Å². The molecule has 0 saturated heterocycles. The Labute approximate surface area is 98.5 Å². The molecule has 6 heteroatoms. The van der Waals surface area contributed by atoms with Crippen molar-refractivity contribution in [2.24, 2.45) is 0 Å². The van der Waals surface area contributed by atoms with Gasteiger partial charge in [0.1, 0.15) is 5.75 Å². The van der Waals surface area contributed by atoms with Crippen molar-refractivity contribution in [3.05, 3.63) is 24.3 Å². The normalized spacial score (nSPS) is 9.29. The van der Waals surface area contributed by atoms with Gasteiger partial charge in [-0.3, -0.25) is 5.32 Å². The first-order chi connectivity index (χ1) is 8.15. The minimum absolute atomic E-state index is 0.182. The van der Waals surface area contributed by atoms with Crippen LogP contribution in [0.25, 0.3) is 0 Å². The van der Waals surface area contributed by atoms with Gasteiger partial charge in [-0.2, -0.15) is 0 Å². The summed E-state index contributed by atoms with van der Waals surface area (Å²) in [6.07, 6.45) is -0.574. The van der Waals surface area contributed by atoms with Crippen molar-refractivity contribution in [3.8, 4) is 5.75 Å². The summed E-state index contributed by atoms with van der Waals surface area (Å²) < 4.78 is 14.0. The van der Waals surface area contributed by atoms with Gasteiger partial charge in [-0.15, -0.1) is 0 Å². The maximum absolute atomic E-state index is 11.0. The quantitative estimate of drug-likeness (QED) is 0.804. The number of hydrogen-bond acceptors (Lipinski definition) is 5. The summed E-state index contributed by atoms with van der Waals surface area (Å²) in [6, 6.07) is 6.57. The molecule has 0 aromatic heterocycles. The molecule has 6 nitrogen and oxygen atoms in total. The molecule has 0 aliphatic carbocycles. The van der Waals surface area contributed by atoms with Crippen LogP contribution in [-0.4, -0.2) is 32.9 Å². The van der Waals surface area contributed by atoms with E-state index in [2.05, 4.69) is 14.8 Å². The fourth-order valence-corrected chi connectivity index (χ4v) is 1.03. The summed E-state index contributed by atoms with van der Waals surface area (Å²) in [5.41, 5.74) is 0.513. The van der Waals surface area contributed by atoms with Crippen LogP contribution in [0.15, 0.2) is 24.3 Å². The molecule has 0 saturated carbocycles. The van der Waals surface area contributed by atoms with Gasteiger partial charge in [0.2, 0.25) is 0 Å². The molecule has 0 atom stereocenters. The molecule has 0 spiro atoms. The Morgan fingerprint density at radius 2 is 2.00 bits per heavy atom. The lowest BCUT2D eigenvalue weighted by Crippen LogP contribution is -2.13. The van der Waals surface area contributed by atoms with Gasteiger partial charge in [-0.1, -0.05) is 6.07 Å². The molecule has 92 valence electrons. The first-order valence-electron chi connectivity index (χ1n) is 4.80. The fourth-order valence-electron chi connectivity index (χ4n) is 1.03. The molecule has 0 aliphatic heterocycles. The largest absolute Gasteiger partial charge is 0.482 e. The third kappa shape index (κ3) is 4.42. The number of benzene rings is 1. The molecule has 0 bridgehead atoms. The highest BCUT2D eigenvalue weighted by Crippen LogP contribution is 2.17. The van der Waals surface area contributed by atoms with Crippen LogP contribution in [0.4, 0.5) is 10.5 Å². The van der Waals surface area contributed by atoms with Crippen LogP contribution in [-0.2, 0) is 14.3 Å². The predicted octanol–water partition coefficient (Wildman–Crippen LogP) is 1.42. The van der Waals surface area contributed by atoms with Crippen molar-refractivity contribution in [3.63, 3.8) is 0 Å². The number of rotatable bonds is 4. The van der Waals surface area contributed by atoms with Crippen molar-refractivity contribution >= 4 is 17.7 Å². The number of esters is 1. The number of ether oxygens (including phenoxy) is 3. The van der Waals surface area contributed by atoms with E-state index in [1.807, 2.05) is 0 Å². The van der Waals surface area contributed by atoms with Gasteiger partial charge >= 0.3 is 12.1 Å². The van der Waals surface area contributed by atoms with Crippen LogP contribution in [0, 0.1) is 0 Å². The van der Waals surface area contributed by atoms with E-state index >= 15 is 0 Å². The highest BCUT2D eigenvalue weighted by atomic mass is 16.6. The van der Waals surface area contributed by atoms with Crippen LogP contribution in [0.2, 0.25) is 0 Å². The lowest BCUT2D eigenvalue weighted by Gasteiger charge is -2.07. The van der Waals surface area contributed by atoms with Gasteiger partial charge in [0.25, 0.3) is 0 Å². The van der Waals surface area contributed by atoms with Crippen LogP contribution in [0.3, 0.4) is 0 Å². The van der Waals surface area contributed by atoms with Gasteiger partial charge in [0.15, 0.2) is 6.61 Å². The zero-order chi connectivity index (χ0) is 12.7. The minimum Gasteiger partial charge on any atom is -0.482 e. The molecular weight excluding hydrogens is 226 g/mol. The van der Waals surface area contributed by atoms with Gasteiger partial charge < -0.3 is 14.2 Å². The standard InChI is InChI=1S/C11H13NO5/c1-15-10(13)7-17-9-5-3-4-8(6-9)12-11(14)16-2/h3-6H,7H2,1-2H3,(H,12,14). The van der Waals surface area contributed by atoms with Crippen LogP contribution >= 0.6 is 0 Å². The molecule has 17 heavy (non-hydrogen) atoms. The minimum atomic E-state index is -0.574. The van der Waals surface area contributed by atoms with E-state index in [9.17, 15) is 9.59 Å². The smallest absolute Gasteiger partial charge is 0.411 e. The monoisotopic (exact) mass is 239 g/mol. The molecule has 0 radical (unpaired) electrons.